The van der Waals surface area contributed by atoms with E-state index >= 15 is 0 Å². The molecule has 16 heavy (non-hydrogen) atoms. The molecule has 0 unspecified atom stereocenters. The fourth-order valence-corrected chi connectivity index (χ4v) is 3.15. The van der Waals surface area contributed by atoms with E-state index in [4.69, 9.17) is 5.73 Å². The summed E-state index contributed by atoms with van der Waals surface area (Å²) in [4.78, 5) is 8.39. The third-order valence-corrected chi connectivity index (χ3v) is 4.07. The summed E-state index contributed by atoms with van der Waals surface area (Å²) in [6.07, 6.45) is 0.432. The van der Waals surface area contributed by atoms with Crippen LogP contribution in [0.3, 0.4) is 0 Å². The molecular formula is C9H14N4O2S. The Kier molecular flexibility index (Phi) is 2.81. The molecule has 1 aliphatic rings. The van der Waals surface area contributed by atoms with Gasteiger partial charge in [0, 0.05) is 12.0 Å². The topological polar surface area (TPSA) is 98.0 Å². The van der Waals surface area contributed by atoms with Crippen LogP contribution in [-0.2, 0) is 28.6 Å². The van der Waals surface area contributed by atoms with Gasteiger partial charge in [0.1, 0.15) is 11.6 Å². The smallest absolute Gasteiger partial charge is 0.155 e. The van der Waals surface area contributed by atoms with Gasteiger partial charge in [0.15, 0.2) is 9.84 Å². The third kappa shape index (κ3) is 2.14. The van der Waals surface area contributed by atoms with Crippen molar-refractivity contribution in [2.24, 2.45) is 0 Å². The average Bonchev–Trinajstić information content (AvgIpc) is 2.19. The number of hydrogen-bond acceptors (Lipinski definition) is 6. The first-order valence-electron chi connectivity index (χ1n) is 5.01. The number of nitrogens with zero attached hydrogens (tertiary/aromatic N) is 2. The Morgan fingerprint density at radius 1 is 1.44 bits per heavy atom. The van der Waals surface area contributed by atoms with E-state index in [0.717, 1.165) is 5.69 Å². The minimum atomic E-state index is -3.02. The summed E-state index contributed by atoms with van der Waals surface area (Å²) in [6, 6.07) is 0. The lowest BCUT2D eigenvalue weighted by Crippen LogP contribution is -2.24. The quantitative estimate of drug-likeness (QED) is 0.708. The number of nitrogens with two attached hydrogens (primary N) is 1. The van der Waals surface area contributed by atoms with Crippen LogP contribution in [0.5, 0.6) is 0 Å². The van der Waals surface area contributed by atoms with Gasteiger partial charge in [0.25, 0.3) is 0 Å². The monoisotopic (exact) mass is 242 g/mol. The van der Waals surface area contributed by atoms with E-state index < -0.39 is 9.84 Å². The van der Waals surface area contributed by atoms with Crippen molar-refractivity contribution in [1.82, 2.24) is 15.3 Å². The molecule has 0 aromatic carbocycles. The average molecular weight is 242 g/mol. The van der Waals surface area contributed by atoms with Crippen LogP contribution in [0.4, 0.5) is 5.82 Å². The van der Waals surface area contributed by atoms with Gasteiger partial charge in [0.05, 0.1) is 23.7 Å². The summed E-state index contributed by atoms with van der Waals surface area (Å²) in [6.45, 7) is 0.532. The van der Waals surface area contributed by atoms with Crippen molar-refractivity contribution in [3.05, 3.63) is 17.1 Å². The SMILES string of the molecule is CNCc1nc(N)c2c(n1)CCS(=O)(=O)C2. The molecule has 0 saturated carbocycles. The number of sulfone groups is 1. The summed E-state index contributed by atoms with van der Waals surface area (Å²) in [5.74, 6) is 1.01. The molecule has 0 saturated heterocycles. The highest BCUT2D eigenvalue weighted by atomic mass is 32.2. The van der Waals surface area contributed by atoms with Gasteiger partial charge in [-0.2, -0.15) is 0 Å². The van der Waals surface area contributed by atoms with E-state index in [1.54, 1.807) is 7.05 Å². The largest absolute Gasteiger partial charge is 0.383 e. The zero-order valence-corrected chi connectivity index (χ0v) is 9.84. The summed E-state index contributed by atoms with van der Waals surface area (Å²) in [7, 11) is -1.22. The van der Waals surface area contributed by atoms with Crippen LogP contribution in [-0.4, -0.2) is 31.2 Å². The molecule has 0 spiro atoms. The van der Waals surface area contributed by atoms with Crippen LogP contribution in [0.15, 0.2) is 0 Å². The molecule has 1 aliphatic heterocycles. The van der Waals surface area contributed by atoms with Crippen molar-refractivity contribution in [2.45, 2.75) is 18.7 Å². The van der Waals surface area contributed by atoms with Crippen molar-refractivity contribution in [3.63, 3.8) is 0 Å². The van der Waals surface area contributed by atoms with Gasteiger partial charge in [-0.05, 0) is 7.05 Å². The molecule has 88 valence electrons. The lowest BCUT2D eigenvalue weighted by Gasteiger charge is -2.17. The first kappa shape index (κ1) is 11.3. The van der Waals surface area contributed by atoms with Crippen molar-refractivity contribution in [2.75, 3.05) is 18.5 Å². The van der Waals surface area contributed by atoms with Crippen molar-refractivity contribution < 1.29 is 8.42 Å². The van der Waals surface area contributed by atoms with E-state index in [1.807, 2.05) is 0 Å². The van der Waals surface area contributed by atoms with Crippen molar-refractivity contribution in [3.8, 4) is 0 Å². The number of fused-ring (bicyclic) bond motifs is 1. The fraction of sp³-hybridized carbons (Fsp3) is 0.556. The summed E-state index contributed by atoms with van der Waals surface area (Å²) in [5, 5.41) is 2.94. The number of aromatic nitrogens is 2. The lowest BCUT2D eigenvalue weighted by atomic mass is 10.2. The second-order valence-corrected chi connectivity index (χ2v) is 6.01. The number of hydrogen-bond donors (Lipinski definition) is 2. The van der Waals surface area contributed by atoms with E-state index in [2.05, 4.69) is 15.3 Å². The standard InChI is InChI=1S/C9H14N4O2S/c1-11-4-8-12-7-2-3-16(14,15)5-6(7)9(10)13-8/h11H,2-5H2,1H3,(H2,10,12,13). The minimum Gasteiger partial charge on any atom is -0.383 e. The van der Waals surface area contributed by atoms with Crippen molar-refractivity contribution >= 4 is 15.7 Å². The number of rotatable bonds is 2. The maximum atomic E-state index is 11.5. The van der Waals surface area contributed by atoms with Crippen LogP contribution in [0.25, 0.3) is 0 Å². The Balaban J connectivity index is 2.44. The van der Waals surface area contributed by atoms with Crippen LogP contribution in [0.1, 0.15) is 17.1 Å². The fourth-order valence-electron chi connectivity index (χ4n) is 1.75. The molecule has 7 heteroatoms. The Hall–Kier alpha value is -1.21. The molecule has 0 aliphatic carbocycles. The van der Waals surface area contributed by atoms with Gasteiger partial charge in [-0.25, -0.2) is 18.4 Å². The molecule has 1 aromatic heterocycles. The van der Waals surface area contributed by atoms with Crippen LogP contribution in [0.2, 0.25) is 0 Å². The van der Waals surface area contributed by atoms with Gasteiger partial charge in [-0.1, -0.05) is 0 Å². The maximum Gasteiger partial charge on any atom is 0.155 e. The van der Waals surface area contributed by atoms with E-state index in [1.165, 1.54) is 0 Å². The van der Waals surface area contributed by atoms with Gasteiger partial charge in [0.2, 0.25) is 0 Å². The van der Waals surface area contributed by atoms with Gasteiger partial charge < -0.3 is 11.1 Å². The van der Waals surface area contributed by atoms with Crippen LogP contribution >= 0.6 is 0 Å². The minimum absolute atomic E-state index is 0.0337. The summed E-state index contributed by atoms with van der Waals surface area (Å²) < 4.78 is 22.9. The van der Waals surface area contributed by atoms with Crippen LogP contribution < -0.4 is 11.1 Å². The van der Waals surface area contributed by atoms with Crippen molar-refractivity contribution in [1.29, 1.82) is 0 Å². The first-order chi connectivity index (χ1) is 7.52. The molecule has 0 amide bonds. The Labute approximate surface area is 94.2 Å². The van der Waals surface area contributed by atoms with Gasteiger partial charge >= 0.3 is 0 Å². The highest BCUT2D eigenvalue weighted by molar-refractivity contribution is 7.90. The zero-order valence-electron chi connectivity index (χ0n) is 9.02. The lowest BCUT2D eigenvalue weighted by molar-refractivity contribution is 0.590. The molecule has 1 aromatic rings. The molecule has 3 N–H and O–H groups in total. The second kappa shape index (κ2) is 3.99. The highest BCUT2D eigenvalue weighted by Crippen LogP contribution is 2.23. The highest BCUT2D eigenvalue weighted by Gasteiger charge is 2.25. The number of aryl methyl sites for hydroxylation is 1. The predicted molar refractivity (Wildman–Crippen MR) is 60.4 cm³/mol. The van der Waals surface area contributed by atoms with E-state index in [9.17, 15) is 8.42 Å². The Bertz CT molecular complexity index is 512. The molecule has 0 bridgehead atoms. The molecular weight excluding hydrogens is 228 g/mol. The number of anilines is 1. The maximum absolute atomic E-state index is 11.5. The summed E-state index contributed by atoms with van der Waals surface area (Å²) >= 11 is 0. The molecule has 6 nitrogen and oxygen atoms in total. The van der Waals surface area contributed by atoms with E-state index in [-0.39, 0.29) is 11.5 Å². The molecule has 0 atom stereocenters. The molecule has 2 rings (SSSR count). The third-order valence-electron chi connectivity index (χ3n) is 2.52. The zero-order chi connectivity index (χ0) is 11.8. The Morgan fingerprint density at radius 3 is 2.88 bits per heavy atom. The molecule has 2 heterocycles. The molecule has 0 fully saturated rings. The number of nitrogen functional groups attached to an aromatic ring is 1. The van der Waals surface area contributed by atoms with Gasteiger partial charge in [-0.3, -0.25) is 0 Å². The first-order valence-corrected chi connectivity index (χ1v) is 6.83. The predicted octanol–water partition coefficient (Wildman–Crippen LogP) is -0.751. The van der Waals surface area contributed by atoms with Gasteiger partial charge in [-0.15, -0.1) is 0 Å². The Morgan fingerprint density at radius 2 is 2.19 bits per heavy atom. The normalized spacial score (nSPS) is 18.1. The number of nitrogens with one attached hydrogen (secondary N) is 1. The molecule has 0 radical (unpaired) electrons. The van der Waals surface area contributed by atoms with E-state index in [0.29, 0.717) is 30.2 Å². The van der Waals surface area contributed by atoms with Crippen LogP contribution in [0, 0.1) is 0 Å². The second-order valence-electron chi connectivity index (χ2n) is 3.82. The summed E-state index contributed by atoms with van der Waals surface area (Å²) in [5.41, 5.74) is 7.10.